The lowest BCUT2D eigenvalue weighted by atomic mass is 10.1. The van der Waals surface area contributed by atoms with E-state index in [1.54, 1.807) is 24.3 Å². The minimum atomic E-state index is -3.47. The van der Waals surface area contributed by atoms with Crippen molar-refractivity contribution >= 4 is 10.0 Å². The normalized spacial score (nSPS) is 12.5. The molecule has 1 aromatic carbocycles. The Morgan fingerprint density at radius 2 is 1.90 bits per heavy atom. The van der Waals surface area contributed by atoms with E-state index in [0.29, 0.717) is 6.42 Å². The molecule has 1 rings (SSSR count). The predicted molar refractivity (Wildman–Crippen MR) is 84.3 cm³/mol. The number of rotatable bonds is 7. The molecule has 21 heavy (non-hydrogen) atoms. The number of hydrogen-bond donors (Lipinski definition) is 2. The molecule has 0 spiro atoms. The standard InChI is InChI=1S/C16H23NO3S/c1-3-7-15(4-2)17-21(19,20)16-11-9-14(10-12-16)8-5-6-13-18/h9-12,15,17-18H,3-4,6-7,13H2,1-2H3. The summed E-state index contributed by atoms with van der Waals surface area (Å²) in [6.45, 7) is 4.04. The Balaban J connectivity index is 2.82. The van der Waals surface area contributed by atoms with Crippen LogP contribution in [0, 0.1) is 11.8 Å². The molecule has 0 aliphatic rings. The predicted octanol–water partition coefficient (Wildman–Crippen LogP) is 2.28. The molecule has 2 N–H and O–H groups in total. The molecule has 0 saturated heterocycles. The Kier molecular flexibility index (Phi) is 7.44. The molecule has 4 nitrogen and oxygen atoms in total. The third-order valence-corrected chi connectivity index (χ3v) is 4.62. The average molecular weight is 309 g/mol. The van der Waals surface area contributed by atoms with Gasteiger partial charge in [0.15, 0.2) is 0 Å². The van der Waals surface area contributed by atoms with Crippen LogP contribution >= 0.6 is 0 Å². The van der Waals surface area contributed by atoms with Crippen molar-refractivity contribution in [3.63, 3.8) is 0 Å². The Hall–Kier alpha value is -1.35. The molecule has 0 fully saturated rings. The van der Waals surface area contributed by atoms with Gasteiger partial charge in [0.05, 0.1) is 11.5 Å². The van der Waals surface area contributed by atoms with Gasteiger partial charge in [0, 0.05) is 18.0 Å². The van der Waals surface area contributed by atoms with Crippen LogP contribution < -0.4 is 4.72 Å². The van der Waals surface area contributed by atoms with Gasteiger partial charge in [0.1, 0.15) is 0 Å². The van der Waals surface area contributed by atoms with Crippen molar-refractivity contribution in [2.24, 2.45) is 0 Å². The van der Waals surface area contributed by atoms with Gasteiger partial charge in [-0.25, -0.2) is 13.1 Å². The molecular formula is C16H23NO3S. The number of aliphatic hydroxyl groups excluding tert-OH is 1. The fraction of sp³-hybridized carbons (Fsp3) is 0.500. The molecule has 5 heteroatoms. The zero-order valence-corrected chi connectivity index (χ0v) is 13.4. The van der Waals surface area contributed by atoms with Gasteiger partial charge in [-0.2, -0.15) is 0 Å². The Morgan fingerprint density at radius 3 is 2.43 bits per heavy atom. The lowest BCUT2D eigenvalue weighted by molar-refractivity contribution is 0.305. The molecular weight excluding hydrogens is 286 g/mol. The van der Waals surface area contributed by atoms with Crippen LogP contribution in [0.5, 0.6) is 0 Å². The first-order valence-electron chi connectivity index (χ1n) is 7.25. The van der Waals surface area contributed by atoms with Crippen molar-refractivity contribution in [2.45, 2.75) is 50.5 Å². The average Bonchev–Trinajstić information content (AvgIpc) is 2.47. The van der Waals surface area contributed by atoms with Gasteiger partial charge < -0.3 is 5.11 Å². The highest BCUT2D eigenvalue weighted by atomic mass is 32.2. The minimum Gasteiger partial charge on any atom is -0.395 e. The third-order valence-electron chi connectivity index (χ3n) is 3.09. The van der Waals surface area contributed by atoms with E-state index >= 15 is 0 Å². The van der Waals surface area contributed by atoms with Crippen molar-refractivity contribution in [1.29, 1.82) is 0 Å². The van der Waals surface area contributed by atoms with Gasteiger partial charge in [-0.3, -0.25) is 0 Å². The SMILES string of the molecule is CCCC(CC)NS(=O)(=O)c1ccc(C#CCCO)cc1. The molecule has 116 valence electrons. The summed E-state index contributed by atoms with van der Waals surface area (Å²) in [7, 11) is -3.47. The fourth-order valence-electron chi connectivity index (χ4n) is 1.92. The van der Waals surface area contributed by atoms with Gasteiger partial charge in [0.2, 0.25) is 10.0 Å². The van der Waals surface area contributed by atoms with Crippen molar-refractivity contribution in [1.82, 2.24) is 4.72 Å². The topological polar surface area (TPSA) is 66.4 Å². The molecule has 0 saturated carbocycles. The van der Waals surface area contributed by atoms with Crippen LogP contribution in [0.3, 0.4) is 0 Å². The minimum absolute atomic E-state index is 0.0241. The molecule has 1 atom stereocenters. The van der Waals surface area contributed by atoms with Crippen LogP contribution in [0.1, 0.15) is 45.1 Å². The third kappa shape index (κ3) is 5.88. The van der Waals surface area contributed by atoms with E-state index in [9.17, 15) is 8.42 Å². The molecule has 0 aliphatic heterocycles. The second kappa shape index (κ2) is 8.83. The molecule has 0 bridgehead atoms. The Bertz CT molecular complexity index is 582. The Labute approximate surface area is 127 Å². The number of aliphatic hydroxyl groups is 1. The molecule has 0 amide bonds. The van der Waals surface area contributed by atoms with Crippen LogP contribution in [0.25, 0.3) is 0 Å². The lowest BCUT2D eigenvalue weighted by Crippen LogP contribution is -2.34. The number of hydrogen-bond acceptors (Lipinski definition) is 3. The van der Waals surface area contributed by atoms with E-state index < -0.39 is 10.0 Å². The fourth-order valence-corrected chi connectivity index (χ4v) is 3.27. The number of benzene rings is 1. The van der Waals surface area contributed by atoms with Gasteiger partial charge in [-0.15, -0.1) is 0 Å². The Morgan fingerprint density at radius 1 is 1.24 bits per heavy atom. The van der Waals surface area contributed by atoms with Crippen molar-refractivity contribution in [3.05, 3.63) is 29.8 Å². The van der Waals surface area contributed by atoms with Crippen LogP contribution in [-0.4, -0.2) is 26.2 Å². The van der Waals surface area contributed by atoms with E-state index in [1.165, 1.54) is 0 Å². The maximum Gasteiger partial charge on any atom is 0.240 e. The van der Waals surface area contributed by atoms with E-state index in [-0.39, 0.29) is 17.5 Å². The molecule has 1 aromatic rings. The van der Waals surface area contributed by atoms with Gasteiger partial charge in [0.25, 0.3) is 0 Å². The first kappa shape index (κ1) is 17.7. The molecule has 0 radical (unpaired) electrons. The molecule has 0 aromatic heterocycles. The lowest BCUT2D eigenvalue weighted by Gasteiger charge is -2.16. The van der Waals surface area contributed by atoms with Crippen LogP contribution in [0.15, 0.2) is 29.2 Å². The molecule has 0 aliphatic carbocycles. The summed E-state index contributed by atoms with van der Waals surface area (Å²) in [5.74, 6) is 5.67. The molecule has 0 heterocycles. The summed E-state index contributed by atoms with van der Waals surface area (Å²) in [4.78, 5) is 0.254. The van der Waals surface area contributed by atoms with Crippen molar-refractivity contribution < 1.29 is 13.5 Å². The van der Waals surface area contributed by atoms with Crippen molar-refractivity contribution in [2.75, 3.05) is 6.61 Å². The zero-order chi connectivity index (χ0) is 15.7. The summed E-state index contributed by atoms with van der Waals surface area (Å²) < 4.78 is 27.3. The van der Waals surface area contributed by atoms with Crippen LogP contribution in [0.2, 0.25) is 0 Å². The summed E-state index contributed by atoms with van der Waals surface area (Å²) in [6.07, 6.45) is 2.97. The maximum absolute atomic E-state index is 12.3. The monoisotopic (exact) mass is 309 g/mol. The van der Waals surface area contributed by atoms with E-state index in [4.69, 9.17) is 5.11 Å². The van der Waals surface area contributed by atoms with Crippen molar-refractivity contribution in [3.8, 4) is 11.8 Å². The van der Waals surface area contributed by atoms with Crippen LogP contribution in [-0.2, 0) is 10.0 Å². The first-order valence-corrected chi connectivity index (χ1v) is 8.74. The van der Waals surface area contributed by atoms with Gasteiger partial charge in [-0.05, 0) is 37.1 Å². The maximum atomic E-state index is 12.3. The van der Waals surface area contributed by atoms with Crippen LogP contribution in [0.4, 0.5) is 0 Å². The largest absolute Gasteiger partial charge is 0.395 e. The van der Waals surface area contributed by atoms with E-state index in [1.807, 2.05) is 13.8 Å². The van der Waals surface area contributed by atoms with Gasteiger partial charge in [-0.1, -0.05) is 32.1 Å². The summed E-state index contributed by atoms with van der Waals surface area (Å²) >= 11 is 0. The van der Waals surface area contributed by atoms with E-state index in [0.717, 1.165) is 24.8 Å². The second-order valence-electron chi connectivity index (χ2n) is 4.81. The summed E-state index contributed by atoms with van der Waals surface area (Å²) in [5, 5.41) is 8.66. The highest BCUT2D eigenvalue weighted by molar-refractivity contribution is 7.89. The first-order chi connectivity index (χ1) is 10.0. The highest BCUT2D eigenvalue weighted by Gasteiger charge is 2.18. The zero-order valence-electron chi connectivity index (χ0n) is 12.6. The summed E-state index contributed by atoms with van der Waals surface area (Å²) in [5.41, 5.74) is 0.739. The number of sulfonamides is 1. The van der Waals surface area contributed by atoms with Gasteiger partial charge >= 0.3 is 0 Å². The van der Waals surface area contributed by atoms with E-state index in [2.05, 4.69) is 16.6 Å². The summed E-state index contributed by atoms with van der Waals surface area (Å²) in [6, 6.07) is 6.46. The quantitative estimate of drug-likeness (QED) is 0.759. The number of nitrogens with one attached hydrogen (secondary N) is 1. The molecule has 1 unspecified atom stereocenters. The smallest absolute Gasteiger partial charge is 0.240 e. The second-order valence-corrected chi connectivity index (χ2v) is 6.53. The highest BCUT2D eigenvalue weighted by Crippen LogP contribution is 2.13.